The summed E-state index contributed by atoms with van der Waals surface area (Å²) in [5.41, 5.74) is 3.22. The second kappa shape index (κ2) is 7.02. The molecule has 1 aromatic heterocycles. The number of rotatable bonds is 5. The van der Waals surface area contributed by atoms with Gasteiger partial charge >= 0.3 is 0 Å². The van der Waals surface area contributed by atoms with Gasteiger partial charge in [0.25, 0.3) is 0 Å². The Morgan fingerprint density at radius 3 is 2.67 bits per heavy atom. The number of aromatic nitrogens is 1. The summed E-state index contributed by atoms with van der Waals surface area (Å²) in [7, 11) is 1.61. The van der Waals surface area contributed by atoms with Crippen molar-refractivity contribution in [3.05, 3.63) is 78.1 Å². The predicted molar refractivity (Wildman–Crippen MR) is 107 cm³/mol. The second-order valence-electron chi connectivity index (χ2n) is 6.88. The number of nitrogens with zero attached hydrogens (tertiary/aromatic N) is 1. The zero-order valence-electron chi connectivity index (χ0n) is 15.5. The number of carbonyl (C=O) groups excluding carboxylic acids is 1. The fourth-order valence-electron chi connectivity index (χ4n) is 3.59. The maximum atomic E-state index is 13.1. The van der Waals surface area contributed by atoms with Crippen LogP contribution in [0, 0.1) is 0 Å². The summed E-state index contributed by atoms with van der Waals surface area (Å²) in [6.45, 7) is 1.87. The fourth-order valence-corrected chi connectivity index (χ4v) is 3.59. The van der Waals surface area contributed by atoms with Crippen molar-refractivity contribution in [2.75, 3.05) is 7.11 Å². The van der Waals surface area contributed by atoms with Gasteiger partial charge in [0.05, 0.1) is 6.04 Å². The smallest absolute Gasteiger partial charge is 0.247 e. The number of nitrogens with one attached hydrogen (secondary N) is 2. The quantitative estimate of drug-likeness (QED) is 0.731. The Bertz CT molecular complexity index is 979. The number of benzene rings is 2. The van der Waals surface area contributed by atoms with E-state index in [0.29, 0.717) is 6.42 Å². The minimum absolute atomic E-state index is 0.00295. The molecule has 1 aliphatic rings. The maximum Gasteiger partial charge on any atom is 0.247 e. The summed E-state index contributed by atoms with van der Waals surface area (Å²) in [5.74, 6) is -0.879. The van der Waals surface area contributed by atoms with Crippen LogP contribution in [0.4, 0.5) is 0 Å². The lowest BCUT2D eigenvalue weighted by molar-refractivity contribution is -0.142. The minimum atomic E-state index is -0.876. The topological polar surface area (TPSA) is 57.4 Å². The molecule has 1 unspecified atom stereocenters. The number of para-hydroxylation sites is 1. The van der Waals surface area contributed by atoms with E-state index in [2.05, 4.69) is 16.4 Å². The molecule has 1 amide bonds. The van der Waals surface area contributed by atoms with Gasteiger partial charge in [-0.25, -0.2) is 0 Å². The van der Waals surface area contributed by atoms with E-state index in [1.54, 1.807) is 18.2 Å². The largest absolute Gasteiger partial charge is 0.361 e. The lowest BCUT2D eigenvalue weighted by Crippen LogP contribution is -2.49. The van der Waals surface area contributed by atoms with Gasteiger partial charge in [-0.15, -0.1) is 0 Å². The van der Waals surface area contributed by atoms with Gasteiger partial charge in [-0.3, -0.25) is 15.0 Å². The molecule has 3 aromatic rings. The molecule has 1 saturated heterocycles. The van der Waals surface area contributed by atoms with Gasteiger partial charge < -0.3 is 9.72 Å². The highest BCUT2D eigenvalue weighted by Crippen LogP contribution is 2.27. The van der Waals surface area contributed by atoms with Gasteiger partial charge in [0.1, 0.15) is 0 Å². The fraction of sp³-hybridized carbons (Fsp3) is 0.227. The molecule has 1 fully saturated rings. The molecule has 5 heteroatoms. The van der Waals surface area contributed by atoms with Crippen LogP contribution in [0.15, 0.2) is 67.0 Å². The van der Waals surface area contributed by atoms with Crippen LogP contribution in [-0.4, -0.2) is 34.8 Å². The van der Waals surface area contributed by atoms with Crippen LogP contribution in [0.5, 0.6) is 0 Å². The van der Waals surface area contributed by atoms with E-state index in [9.17, 15) is 4.79 Å². The number of fused-ring (bicyclic) bond motifs is 1. The molecule has 4 rings (SSSR count). The van der Waals surface area contributed by atoms with Crippen LogP contribution >= 0.6 is 0 Å². The first-order valence-electron chi connectivity index (χ1n) is 9.05. The average molecular weight is 361 g/mol. The van der Waals surface area contributed by atoms with Crippen molar-refractivity contribution >= 4 is 22.9 Å². The molecule has 0 saturated carbocycles. The first kappa shape index (κ1) is 17.5. The number of aromatic amines is 1. The standard InChI is InChI=1S/C22H23N3O2/c1-22(27-2)24-20(14-17-15-23-19-11-7-6-10-18(17)19)21(26)25(22)13-12-16-8-4-3-5-9-16/h3-13,15,20,23-24H,14H2,1-2H3/b13-12+/t20-,22?/m0/s1. The van der Waals surface area contributed by atoms with Crippen molar-refractivity contribution in [2.24, 2.45) is 0 Å². The highest BCUT2D eigenvalue weighted by molar-refractivity contribution is 5.88. The zero-order valence-corrected chi connectivity index (χ0v) is 15.5. The number of ether oxygens (including phenoxy) is 1. The Kier molecular flexibility index (Phi) is 4.56. The SMILES string of the molecule is COC1(C)N[C@@H](Cc2c[nH]c3ccccc23)C(=O)N1/C=C/c1ccccc1. The maximum absolute atomic E-state index is 13.1. The van der Waals surface area contributed by atoms with Gasteiger partial charge in [0.15, 0.2) is 0 Å². The van der Waals surface area contributed by atoms with E-state index in [-0.39, 0.29) is 11.9 Å². The summed E-state index contributed by atoms with van der Waals surface area (Å²) in [5, 5.41) is 4.49. The van der Waals surface area contributed by atoms with Gasteiger partial charge in [-0.05, 0) is 36.6 Å². The number of hydrogen-bond donors (Lipinski definition) is 2. The summed E-state index contributed by atoms with van der Waals surface area (Å²) in [6, 6.07) is 17.7. The van der Waals surface area contributed by atoms with Crippen LogP contribution < -0.4 is 5.32 Å². The van der Waals surface area contributed by atoms with Crippen molar-refractivity contribution < 1.29 is 9.53 Å². The number of hydrogen-bond acceptors (Lipinski definition) is 3. The number of H-pyrrole nitrogens is 1. The lowest BCUT2D eigenvalue weighted by Gasteiger charge is -2.30. The summed E-state index contributed by atoms with van der Waals surface area (Å²) in [6.07, 6.45) is 6.29. The number of methoxy groups -OCH3 is 1. The average Bonchev–Trinajstić information content (AvgIpc) is 3.21. The van der Waals surface area contributed by atoms with Crippen molar-refractivity contribution in [2.45, 2.75) is 25.2 Å². The third-order valence-corrected chi connectivity index (χ3v) is 5.15. The molecule has 0 radical (unpaired) electrons. The van der Waals surface area contributed by atoms with Crippen LogP contribution in [-0.2, 0) is 16.0 Å². The first-order valence-corrected chi connectivity index (χ1v) is 9.05. The van der Waals surface area contributed by atoms with Gasteiger partial charge in [-0.2, -0.15) is 0 Å². The first-order chi connectivity index (χ1) is 13.1. The molecule has 2 aromatic carbocycles. The van der Waals surface area contributed by atoms with Gasteiger partial charge in [-0.1, -0.05) is 48.5 Å². The van der Waals surface area contributed by atoms with E-state index in [4.69, 9.17) is 4.74 Å². The highest BCUT2D eigenvalue weighted by Gasteiger charge is 2.46. The molecular weight excluding hydrogens is 338 g/mol. The summed E-state index contributed by atoms with van der Waals surface area (Å²) < 4.78 is 5.64. The monoisotopic (exact) mass is 361 g/mol. The van der Waals surface area contributed by atoms with Crippen LogP contribution in [0.2, 0.25) is 0 Å². The van der Waals surface area contributed by atoms with Gasteiger partial charge in [0, 0.05) is 30.4 Å². The predicted octanol–water partition coefficient (Wildman–Crippen LogP) is 3.50. The van der Waals surface area contributed by atoms with Crippen LogP contribution in [0.25, 0.3) is 17.0 Å². The van der Waals surface area contributed by atoms with Crippen molar-refractivity contribution in [1.29, 1.82) is 0 Å². The molecule has 0 aliphatic carbocycles. The zero-order chi connectivity index (χ0) is 18.9. The van der Waals surface area contributed by atoms with Crippen LogP contribution in [0.1, 0.15) is 18.1 Å². The molecule has 0 bridgehead atoms. The van der Waals surface area contributed by atoms with E-state index < -0.39 is 5.85 Å². The summed E-state index contributed by atoms with van der Waals surface area (Å²) >= 11 is 0. The van der Waals surface area contributed by atoms with E-state index in [1.165, 1.54) is 0 Å². The molecule has 27 heavy (non-hydrogen) atoms. The van der Waals surface area contributed by atoms with Crippen molar-refractivity contribution in [3.63, 3.8) is 0 Å². The molecule has 138 valence electrons. The Hall–Kier alpha value is -2.89. The normalized spacial score (nSPS) is 23.0. The number of amides is 1. The molecule has 5 nitrogen and oxygen atoms in total. The second-order valence-corrected chi connectivity index (χ2v) is 6.88. The van der Waals surface area contributed by atoms with E-state index in [1.807, 2.05) is 67.7 Å². The lowest BCUT2D eigenvalue weighted by atomic mass is 10.1. The van der Waals surface area contributed by atoms with E-state index in [0.717, 1.165) is 22.0 Å². The number of carbonyl (C=O) groups is 1. The molecule has 2 atom stereocenters. The molecule has 2 N–H and O–H groups in total. The molecular formula is C22H23N3O2. The minimum Gasteiger partial charge on any atom is -0.361 e. The van der Waals surface area contributed by atoms with Gasteiger partial charge in [0.2, 0.25) is 11.8 Å². The van der Waals surface area contributed by atoms with Crippen molar-refractivity contribution in [1.82, 2.24) is 15.2 Å². The third-order valence-electron chi connectivity index (χ3n) is 5.15. The Morgan fingerprint density at radius 1 is 1.15 bits per heavy atom. The molecule has 2 heterocycles. The Morgan fingerprint density at radius 2 is 1.89 bits per heavy atom. The third kappa shape index (κ3) is 3.27. The Balaban J connectivity index is 1.58. The van der Waals surface area contributed by atoms with E-state index >= 15 is 0 Å². The van der Waals surface area contributed by atoms with Crippen molar-refractivity contribution in [3.8, 4) is 0 Å². The highest BCUT2D eigenvalue weighted by atomic mass is 16.5. The Labute approximate surface area is 158 Å². The molecule has 0 spiro atoms. The summed E-state index contributed by atoms with van der Waals surface area (Å²) in [4.78, 5) is 18.0. The van der Waals surface area contributed by atoms with Crippen LogP contribution in [0.3, 0.4) is 0 Å². The molecule has 1 aliphatic heterocycles.